The van der Waals surface area contributed by atoms with Crippen LogP contribution in [0.15, 0.2) is 33.9 Å². The van der Waals surface area contributed by atoms with Crippen LogP contribution in [0.1, 0.15) is 37.0 Å². The fourth-order valence-electron chi connectivity index (χ4n) is 1.80. The van der Waals surface area contributed by atoms with Gasteiger partial charge in [-0.2, -0.15) is 18.2 Å². The van der Waals surface area contributed by atoms with Gasteiger partial charge in [0, 0.05) is 11.1 Å². The van der Waals surface area contributed by atoms with E-state index in [1.54, 1.807) is 6.92 Å². The summed E-state index contributed by atoms with van der Waals surface area (Å²) in [4.78, 5) is 20.4. The Kier molecular flexibility index (Phi) is 5.96. The summed E-state index contributed by atoms with van der Waals surface area (Å²) in [5.74, 6) is -2.01. The number of alkyl halides is 3. The molecule has 0 aliphatic carbocycles. The zero-order valence-corrected chi connectivity index (χ0v) is 14.2. The van der Waals surface area contributed by atoms with Gasteiger partial charge in [0.15, 0.2) is 0 Å². The predicted molar refractivity (Wildman–Crippen MR) is 86.4 cm³/mol. The van der Waals surface area contributed by atoms with Crippen molar-refractivity contribution < 1.29 is 27.3 Å². The topological polar surface area (TPSA) is 89.6 Å². The minimum atomic E-state index is -4.71. The molecule has 1 unspecified atom stereocenters. The highest BCUT2D eigenvalue weighted by atomic mass is 19.4. The van der Waals surface area contributed by atoms with E-state index in [-0.39, 0.29) is 23.9 Å². The number of benzene rings is 1. The number of halogens is 3. The van der Waals surface area contributed by atoms with Crippen LogP contribution in [0, 0.1) is 0 Å². The van der Waals surface area contributed by atoms with E-state index in [0.717, 1.165) is 0 Å². The maximum Gasteiger partial charge on any atom is 0.471 e. The van der Waals surface area contributed by atoms with Crippen molar-refractivity contribution >= 4 is 12.1 Å². The lowest BCUT2D eigenvalue weighted by atomic mass is 10.1. The second kappa shape index (κ2) is 7.98. The number of hydrogen-bond acceptors (Lipinski definition) is 6. The van der Waals surface area contributed by atoms with Crippen LogP contribution >= 0.6 is 0 Å². The van der Waals surface area contributed by atoms with Crippen molar-refractivity contribution in [3.05, 3.63) is 35.7 Å². The molecule has 7 nitrogen and oxygen atoms in total. The van der Waals surface area contributed by atoms with Crippen molar-refractivity contribution in [2.75, 3.05) is 0 Å². The van der Waals surface area contributed by atoms with Crippen LogP contribution in [0.3, 0.4) is 0 Å². The standard InChI is InChI=1S/C16H17F3N4O3/c1-9(2)25-20-8-10(3)21-14(24)12-6-4-11(5-7-12)13-22-15(26-23-13)16(17,18)19/h4-10H,1-3H3,(H,21,24)/b20-8-. The molecule has 1 aromatic heterocycles. The number of rotatable bonds is 6. The Morgan fingerprint density at radius 2 is 1.92 bits per heavy atom. The molecule has 1 N–H and O–H groups in total. The van der Waals surface area contributed by atoms with Gasteiger partial charge in [-0.25, -0.2) is 0 Å². The first-order valence-corrected chi connectivity index (χ1v) is 7.68. The summed E-state index contributed by atoms with van der Waals surface area (Å²) in [6.07, 6.45) is -3.32. The monoisotopic (exact) mass is 370 g/mol. The van der Waals surface area contributed by atoms with Crippen LogP contribution in [0.25, 0.3) is 11.4 Å². The highest BCUT2D eigenvalue weighted by Crippen LogP contribution is 2.29. The molecule has 1 amide bonds. The molecule has 1 atom stereocenters. The molecule has 0 aliphatic heterocycles. The Labute approximate surface area is 147 Å². The third-order valence-electron chi connectivity index (χ3n) is 2.99. The summed E-state index contributed by atoms with van der Waals surface area (Å²) in [6.45, 7) is 5.37. The number of carbonyl (C=O) groups excluding carboxylic acids is 1. The highest BCUT2D eigenvalue weighted by Gasteiger charge is 2.38. The van der Waals surface area contributed by atoms with Gasteiger partial charge in [-0.1, -0.05) is 22.4 Å². The van der Waals surface area contributed by atoms with Crippen LogP contribution in [0.4, 0.5) is 13.2 Å². The second-order valence-electron chi connectivity index (χ2n) is 5.67. The first-order chi connectivity index (χ1) is 12.2. The van der Waals surface area contributed by atoms with Gasteiger partial charge in [-0.3, -0.25) is 4.79 Å². The van der Waals surface area contributed by atoms with Gasteiger partial charge in [0.1, 0.15) is 6.10 Å². The molecule has 0 aliphatic rings. The van der Waals surface area contributed by atoms with E-state index in [2.05, 4.69) is 25.1 Å². The van der Waals surface area contributed by atoms with E-state index in [1.165, 1.54) is 30.5 Å². The Morgan fingerprint density at radius 3 is 2.46 bits per heavy atom. The van der Waals surface area contributed by atoms with Gasteiger partial charge in [-0.15, -0.1) is 0 Å². The number of aromatic nitrogens is 2. The van der Waals surface area contributed by atoms with Gasteiger partial charge in [0.2, 0.25) is 5.82 Å². The van der Waals surface area contributed by atoms with Crippen LogP contribution in [0.5, 0.6) is 0 Å². The summed E-state index contributed by atoms with van der Waals surface area (Å²) in [5.41, 5.74) is 0.610. The molecule has 2 aromatic rings. The summed E-state index contributed by atoms with van der Waals surface area (Å²) in [6, 6.07) is 5.39. The van der Waals surface area contributed by atoms with Crippen LogP contribution < -0.4 is 5.32 Å². The van der Waals surface area contributed by atoms with Crippen molar-refractivity contribution in [3.8, 4) is 11.4 Å². The number of oxime groups is 1. The fraction of sp³-hybridized carbons (Fsp3) is 0.375. The molecule has 0 saturated carbocycles. The van der Waals surface area contributed by atoms with E-state index in [0.29, 0.717) is 11.1 Å². The van der Waals surface area contributed by atoms with Crippen molar-refractivity contribution in [1.29, 1.82) is 0 Å². The number of carbonyl (C=O) groups is 1. The minimum Gasteiger partial charge on any atom is -0.393 e. The lowest BCUT2D eigenvalue weighted by Gasteiger charge is -2.09. The van der Waals surface area contributed by atoms with Crippen molar-refractivity contribution in [2.45, 2.75) is 39.1 Å². The molecule has 0 spiro atoms. The molecule has 0 fully saturated rings. The van der Waals surface area contributed by atoms with Gasteiger partial charge in [0.25, 0.3) is 5.91 Å². The third-order valence-corrected chi connectivity index (χ3v) is 2.99. The largest absolute Gasteiger partial charge is 0.471 e. The average molecular weight is 370 g/mol. The fourth-order valence-corrected chi connectivity index (χ4v) is 1.80. The van der Waals surface area contributed by atoms with Crippen LogP contribution in [-0.2, 0) is 11.0 Å². The molecule has 1 aromatic carbocycles. The first-order valence-electron chi connectivity index (χ1n) is 7.68. The number of amides is 1. The molecule has 0 saturated heterocycles. The maximum atomic E-state index is 12.5. The molecule has 0 radical (unpaired) electrons. The Balaban J connectivity index is 2.01. The lowest BCUT2D eigenvalue weighted by molar-refractivity contribution is -0.159. The molecular formula is C16H17F3N4O3. The normalized spacial score (nSPS) is 13.2. The Morgan fingerprint density at radius 1 is 1.27 bits per heavy atom. The summed E-state index contributed by atoms with van der Waals surface area (Å²) < 4.78 is 41.6. The third kappa shape index (κ3) is 5.30. The van der Waals surface area contributed by atoms with E-state index < -0.39 is 12.1 Å². The van der Waals surface area contributed by atoms with E-state index in [9.17, 15) is 18.0 Å². The quantitative estimate of drug-likeness (QED) is 0.623. The van der Waals surface area contributed by atoms with E-state index in [4.69, 9.17) is 4.84 Å². The second-order valence-corrected chi connectivity index (χ2v) is 5.67. The van der Waals surface area contributed by atoms with Gasteiger partial charge in [-0.05, 0) is 32.9 Å². The highest BCUT2D eigenvalue weighted by molar-refractivity contribution is 5.96. The van der Waals surface area contributed by atoms with Crippen molar-refractivity contribution in [2.24, 2.45) is 5.16 Å². The van der Waals surface area contributed by atoms with Crippen molar-refractivity contribution in [1.82, 2.24) is 15.5 Å². The molecule has 2 rings (SSSR count). The number of nitrogens with zero attached hydrogens (tertiary/aromatic N) is 3. The average Bonchev–Trinajstić information content (AvgIpc) is 3.05. The maximum absolute atomic E-state index is 12.5. The number of nitrogens with one attached hydrogen (secondary N) is 1. The molecule has 140 valence electrons. The van der Waals surface area contributed by atoms with E-state index >= 15 is 0 Å². The predicted octanol–water partition coefficient (Wildman–Crippen LogP) is 3.28. The number of hydrogen-bond donors (Lipinski definition) is 1. The van der Waals surface area contributed by atoms with Gasteiger partial charge >= 0.3 is 12.1 Å². The Bertz CT molecular complexity index is 770. The molecular weight excluding hydrogens is 353 g/mol. The van der Waals surface area contributed by atoms with Gasteiger partial charge in [0.05, 0.1) is 12.3 Å². The Hall–Kier alpha value is -2.91. The van der Waals surface area contributed by atoms with Crippen LogP contribution in [0.2, 0.25) is 0 Å². The summed E-state index contributed by atoms with van der Waals surface area (Å²) >= 11 is 0. The zero-order chi connectivity index (χ0) is 19.3. The summed E-state index contributed by atoms with van der Waals surface area (Å²) in [5, 5.41) is 9.71. The smallest absolute Gasteiger partial charge is 0.393 e. The molecule has 26 heavy (non-hydrogen) atoms. The van der Waals surface area contributed by atoms with Gasteiger partial charge < -0.3 is 14.7 Å². The zero-order valence-electron chi connectivity index (χ0n) is 14.2. The lowest BCUT2D eigenvalue weighted by Crippen LogP contribution is -2.33. The van der Waals surface area contributed by atoms with E-state index in [1.807, 2.05) is 13.8 Å². The SMILES string of the molecule is CC(/C=N\OC(C)C)NC(=O)c1ccc(-c2noc(C(F)(F)F)n2)cc1. The molecule has 1 heterocycles. The first kappa shape index (κ1) is 19.4. The molecule has 0 bridgehead atoms. The van der Waals surface area contributed by atoms with Crippen LogP contribution in [-0.4, -0.2) is 34.4 Å². The minimum absolute atomic E-state index is 0.0651. The molecule has 10 heteroatoms. The summed E-state index contributed by atoms with van der Waals surface area (Å²) in [7, 11) is 0. The van der Waals surface area contributed by atoms with Crippen molar-refractivity contribution in [3.63, 3.8) is 0 Å².